The highest BCUT2D eigenvalue weighted by Crippen LogP contribution is 2.63. The molecule has 3 heteroatoms. The minimum Gasteiger partial charge on any atom is -0.335 e. The van der Waals surface area contributed by atoms with E-state index in [-0.39, 0.29) is 23.1 Å². The molecule has 4 heterocycles. The third-order valence-corrected chi connectivity index (χ3v) is 14.9. The van der Waals surface area contributed by atoms with Gasteiger partial charge >= 0.3 is 0 Å². The highest BCUT2D eigenvalue weighted by molar-refractivity contribution is 7.00. The molecule has 0 radical (unpaired) electrons. The molecule has 12 rings (SSSR count). The van der Waals surface area contributed by atoms with Gasteiger partial charge in [-0.05, 0) is 81.5 Å². The van der Waals surface area contributed by atoms with E-state index in [9.17, 15) is 0 Å². The molecule has 3 aliphatic heterocycles. The molecule has 1 fully saturated rings. The Bertz CT molecular complexity index is 2710. The Morgan fingerprint density at radius 2 is 1.30 bits per heavy atom. The second-order valence-electron chi connectivity index (χ2n) is 18.3. The molecular formula is C51H45BN2. The number of rotatable bonds is 2. The Morgan fingerprint density at radius 3 is 2.04 bits per heavy atom. The fraction of sp³-hybridized carbons (Fsp3) is 0.255. The average Bonchev–Trinajstić information content (AvgIpc) is 3.77. The van der Waals surface area contributed by atoms with E-state index >= 15 is 0 Å². The standard InChI is InChI=1S/C51H45BN2/c1-48(2,3)34-30-38-47-40(31-34)52-39-25-16-23-36-43-46(35-22-12-13-24-37(35)51(43,32-18-8-6-9-19-32)33-20-10-7-11-21-33)53(45(36)39)41-26-17-27-42(44(41)52)54(47)50(5)29-15-14-28-49(38,50)4/h6-13,16-27,30-31H,14-15,28-29H2,1-5H3. The summed E-state index contributed by atoms with van der Waals surface area (Å²) in [5.74, 6) is 0. The van der Waals surface area contributed by atoms with E-state index in [1.165, 1.54) is 109 Å². The molecule has 54 heavy (non-hydrogen) atoms. The van der Waals surface area contributed by atoms with Gasteiger partial charge in [0.2, 0.25) is 0 Å². The summed E-state index contributed by atoms with van der Waals surface area (Å²) in [6.45, 7) is 12.6. The molecule has 262 valence electrons. The summed E-state index contributed by atoms with van der Waals surface area (Å²) >= 11 is 0. The molecule has 0 saturated heterocycles. The van der Waals surface area contributed by atoms with Gasteiger partial charge in [0, 0.05) is 44.5 Å². The van der Waals surface area contributed by atoms with E-state index in [1.54, 1.807) is 5.56 Å². The molecule has 7 aromatic rings. The maximum Gasteiger partial charge on any atom is 0.252 e. The van der Waals surface area contributed by atoms with Crippen molar-refractivity contribution >= 4 is 45.4 Å². The fourth-order valence-electron chi connectivity index (χ4n) is 12.4. The predicted octanol–water partition coefficient (Wildman–Crippen LogP) is 10.2. The minimum atomic E-state index is -0.465. The van der Waals surface area contributed by atoms with Gasteiger partial charge in [-0.2, -0.15) is 0 Å². The second kappa shape index (κ2) is 10.1. The van der Waals surface area contributed by atoms with Crippen LogP contribution in [0.3, 0.4) is 0 Å². The fourth-order valence-corrected chi connectivity index (χ4v) is 12.4. The summed E-state index contributed by atoms with van der Waals surface area (Å²) in [4.78, 5) is 2.86. The van der Waals surface area contributed by atoms with Gasteiger partial charge in [-0.15, -0.1) is 0 Å². The van der Waals surface area contributed by atoms with Crippen LogP contribution >= 0.6 is 0 Å². The van der Waals surface area contributed by atoms with Crippen LogP contribution in [0.2, 0.25) is 0 Å². The lowest BCUT2D eigenvalue weighted by Gasteiger charge is -2.52. The van der Waals surface area contributed by atoms with Crippen molar-refractivity contribution in [1.82, 2.24) is 4.57 Å². The van der Waals surface area contributed by atoms with Crippen LogP contribution in [0.1, 0.15) is 93.7 Å². The first kappa shape index (κ1) is 31.1. The lowest BCUT2D eigenvalue weighted by molar-refractivity contribution is 0.195. The molecule has 0 spiro atoms. The number of anilines is 2. The Hall–Kier alpha value is -5.28. The van der Waals surface area contributed by atoms with Crippen molar-refractivity contribution in [3.05, 3.63) is 167 Å². The maximum atomic E-state index is 2.86. The summed E-state index contributed by atoms with van der Waals surface area (Å²) in [5, 5.41) is 1.36. The first-order valence-electron chi connectivity index (χ1n) is 20.2. The van der Waals surface area contributed by atoms with E-state index in [0.29, 0.717) is 0 Å². The predicted molar refractivity (Wildman–Crippen MR) is 227 cm³/mol. The van der Waals surface area contributed by atoms with Gasteiger partial charge in [-0.1, -0.05) is 162 Å². The zero-order chi connectivity index (χ0) is 36.4. The summed E-state index contributed by atoms with van der Waals surface area (Å²) in [7, 11) is 0. The molecule has 1 aromatic heterocycles. The van der Waals surface area contributed by atoms with E-state index in [4.69, 9.17) is 0 Å². The summed E-state index contributed by atoms with van der Waals surface area (Å²) in [6, 6.07) is 51.6. The van der Waals surface area contributed by atoms with Gasteiger partial charge in [0.1, 0.15) is 0 Å². The van der Waals surface area contributed by atoms with Crippen molar-refractivity contribution in [1.29, 1.82) is 0 Å². The molecule has 0 N–H and O–H groups in total. The monoisotopic (exact) mass is 696 g/mol. The number of para-hydroxylation sites is 1. The maximum absolute atomic E-state index is 2.86. The Balaban J connectivity index is 1.26. The van der Waals surface area contributed by atoms with Gasteiger partial charge < -0.3 is 9.47 Å². The van der Waals surface area contributed by atoms with Crippen LogP contribution in [-0.2, 0) is 16.2 Å². The lowest BCUT2D eigenvalue weighted by Crippen LogP contribution is -2.64. The Kier molecular flexibility index (Phi) is 5.80. The second-order valence-corrected chi connectivity index (χ2v) is 18.3. The van der Waals surface area contributed by atoms with Gasteiger partial charge in [0.15, 0.2) is 0 Å². The summed E-state index contributed by atoms with van der Waals surface area (Å²) in [6.07, 6.45) is 5.02. The van der Waals surface area contributed by atoms with Gasteiger partial charge in [-0.3, -0.25) is 0 Å². The van der Waals surface area contributed by atoms with Crippen molar-refractivity contribution in [2.75, 3.05) is 4.90 Å². The van der Waals surface area contributed by atoms with Crippen LogP contribution in [0, 0.1) is 0 Å². The summed E-state index contributed by atoms with van der Waals surface area (Å²) < 4.78 is 2.71. The number of benzene rings is 6. The number of hydrogen-bond acceptors (Lipinski definition) is 1. The normalized spacial score (nSPS) is 22.1. The van der Waals surface area contributed by atoms with E-state index < -0.39 is 5.41 Å². The molecule has 2 nitrogen and oxygen atoms in total. The molecule has 2 aliphatic carbocycles. The zero-order valence-corrected chi connectivity index (χ0v) is 32.0. The first-order valence-corrected chi connectivity index (χ1v) is 20.2. The summed E-state index contributed by atoms with van der Waals surface area (Å²) in [5.41, 5.74) is 20.9. The molecular weight excluding hydrogens is 651 g/mol. The quantitative estimate of drug-likeness (QED) is 0.163. The smallest absolute Gasteiger partial charge is 0.252 e. The van der Waals surface area contributed by atoms with Crippen LogP contribution in [-0.4, -0.2) is 16.8 Å². The third kappa shape index (κ3) is 3.39. The first-order chi connectivity index (χ1) is 26.2. The average molecular weight is 697 g/mol. The molecule has 0 bridgehead atoms. The number of hydrogen-bond donors (Lipinski definition) is 0. The minimum absolute atomic E-state index is 0.00618. The van der Waals surface area contributed by atoms with Crippen molar-refractivity contribution in [2.45, 2.75) is 82.1 Å². The molecule has 5 aliphatic rings. The Labute approximate surface area is 319 Å². The molecule has 2 atom stereocenters. The highest BCUT2D eigenvalue weighted by atomic mass is 15.3. The topological polar surface area (TPSA) is 8.17 Å². The van der Waals surface area contributed by atoms with Gasteiger partial charge in [-0.25, -0.2) is 0 Å². The van der Waals surface area contributed by atoms with E-state index in [2.05, 4.69) is 178 Å². The van der Waals surface area contributed by atoms with Crippen LogP contribution < -0.4 is 21.3 Å². The lowest BCUT2D eigenvalue weighted by atomic mass is 9.33. The van der Waals surface area contributed by atoms with Crippen LogP contribution in [0.25, 0.3) is 27.8 Å². The van der Waals surface area contributed by atoms with Crippen LogP contribution in [0.15, 0.2) is 133 Å². The molecule has 6 aromatic carbocycles. The van der Waals surface area contributed by atoms with Crippen molar-refractivity contribution in [2.24, 2.45) is 0 Å². The van der Waals surface area contributed by atoms with E-state index in [1.807, 2.05) is 0 Å². The molecule has 1 saturated carbocycles. The molecule has 0 amide bonds. The van der Waals surface area contributed by atoms with Gasteiger partial charge in [0.05, 0.1) is 16.6 Å². The van der Waals surface area contributed by atoms with Gasteiger partial charge in [0.25, 0.3) is 6.71 Å². The van der Waals surface area contributed by atoms with Crippen molar-refractivity contribution < 1.29 is 0 Å². The highest BCUT2D eigenvalue weighted by Gasteiger charge is 2.62. The zero-order valence-electron chi connectivity index (χ0n) is 32.0. The SMILES string of the molecule is CC(C)(C)c1cc2c3c(c1)C1(C)CCCCC1(C)N3c1cccc3c1B2c1cccc2c4c(n-3c12)-c1ccccc1C4(c1ccccc1)c1ccccc1. The number of aromatic nitrogens is 1. The number of fused-ring (bicyclic) bond motifs is 12. The van der Waals surface area contributed by atoms with Crippen molar-refractivity contribution in [3.63, 3.8) is 0 Å². The molecule has 2 unspecified atom stereocenters. The van der Waals surface area contributed by atoms with Crippen LogP contribution in [0.5, 0.6) is 0 Å². The number of nitrogens with zero attached hydrogens (tertiary/aromatic N) is 2. The van der Waals surface area contributed by atoms with E-state index in [0.717, 1.165) is 0 Å². The van der Waals surface area contributed by atoms with Crippen LogP contribution in [0.4, 0.5) is 11.4 Å². The Morgan fingerprint density at radius 1 is 0.630 bits per heavy atom. The van der Waals surface area contributed by atoms with Crippen molar-refractivity contribution in [3.8, 4) is 16.9 Å². The largest absolute Gasteiger partial charge is 0.335 e. The third-order valence-electron chi connectivity index (χ3n) is 14.9.